The molecular weight excluding hydrogens is 348 g/mol. The molecule has 0 spiro atoms. The third kappa shape index (κ3) is 7.03. The Morgan fingerprint density at radius 3 is 2.26 bits per heavy atom. The van der Waals surface area contributed by atoms with Crippen LogP contribution in [0.25, 0.3) is 0 Å². The zero-order valence-electron chi connectivity index (χ0n) is 17.1. The summed E-state index contributed by atoms with van der Waals surface area (Å²) in [4.78, 5) is 38.0. The Morgan fingerprint density at radius 1 is 1.04 bits per heavy atom. The zero-order valence-corrected chi connectivity index (χ0v) is 17.1. The molecule has 1 aliphatic heterocycles. The molecular formula is C20H34N2O5. The molecule has 1 saturated carbocycles. The van der Waals surface area contributed by atoms with Gasteiger partial charge in [0.15, 0.2) is 6.61 Å². The number of esters is 1. The number of ether oxygens (including phenoxy) is 2. The largest absolute Gasteiger partial charge is 0.455 e. The van der Waals surface area contributed by atoms with Crippen molar-refractivity contribution in [1.82, 2.24) is 10.2 Å². The molecule has 0 radical (unpaired) electrons. The van der Waals surface area contributed by atoms with Crippen LogP contribution in [0.3, 0.4) is 0 Å². The topological polar surface area (TPSA) is 84.9 Å². The first-order valence-electron chi connectivity index (χ1n) is 10.1. The van der Waals surface area contributed by atoms with Gasteiger partial charge in [0.1, 0.15) is 5.60 Å². The first-order valence-corrected chi connectivity index (χ1v) is 10.1. The molecule has 2 rings (SSSR count). The van der Waals surface area contributed by atoms with Crippen LogP contribution in [-0.2, 0) is 19.1 Å². The lowest BCUT2D eigenvalue weighted by Crippen LogP contribution is -2.44. The maximum atomic E-state index is 12.2. The molecule has 0 aromatic rings. The highest BCUT2D eigenvalue weighted by Gasteiger charge is 2.31. The van der Waals surface area contributed by atoms with Crippen LogP contribution < -0.4 is 5.32 Å². The molecule has 27 heavy (non-hydrogen) atoms. The molecule has 2 amide bonds. The summed E-state index contributed by atoms with van der Waals surface area (Å²) in [5.41, 5.74) is -0.532. The fraction of sp³-hybridized carbons (Fsp3) is 0.850. The number of nitrogens with zero attached hydrogens (tertiary/aromatic N) is 1. The van der Waals surface area contributed by atoms with Crippen LogP contribution in [0.2, 0.25) is 0 Å². The highest BCUT2D eigenvalue weighted by molar-refractivity contribution is 5.81. The number of amides is 2. The second-order valence-corrected chi connectivity index (χ2v) is 8.79. The van der Waals surface area contributed by atoms with Crippen molar-refractivity contribution in [2.75, 3.05) is 19.7 Å². The van der Waals surface area contributed by atoms with E-state index in [2.05, 4.69) is 12.2 Å². The Labute approximate surface area is 162 Å². The van der Waals surface area contributed by atoms with Crippen LogP contribution in [0.1, 0.15) is 66.2 Å². The van der Waals surface area contributed by atoms with Gasteiger partial charge in [0.25, 0.3) is 5.91 Å². The molecule has 1 saturated heterocycles. The lowest BCUT2D eigenvalue weighted by Gasteiger charge is -2.32. The first kappa shape index (κ1) is 21.5. The van der Waals surface area contributed by atoms with E-state index in [1.54, 1.807) is 4.90 Å². The third-order valence-corrected chi connectivity index (χ3v) is 5.28. The van der Waals surface area contributed by atoms with Gasteiger partial charge in [-0.2, -0.15) is 0 Å². The average molecular weight is 383 g/mol. The summed E-state index contributed by atoms with van der Waals surface area (Å²) in [5, 5.41) is 2.99. The minimum absolute atomic E-state index is 0.182. The van der Waals surface area contributed by atoms with Crippen molar-refractivity contribution >= 4 is 18.0 Å². The molecule has 1 aliphatic carbocycles. The number of carbonyl (C=O) groups is 3. The molecule has 154 valence electrons. The van der Waals surface area contributed by atoms with Gasteiger partial charge in [-0.3, -0.25) is 9.59 Å². The second-order valence-electron chi connectivity index (χ2n) is 8.79. The molecule has 2 atom stereocenters. The monoisotopic (exact) mass is 382 g/mol. The highest BCUT2D eigenvalue weighted by atomic mass is 16.6. The van der Waals surface area contributed by atoms with Gasteiger partial charge in [0.05, 0.1) is 5.92 Å². The number of carbonyl (C=O) groups excluding carboxylic acids is 3. The van der Waals surface area contributed by atoms with Gasteiger partial charge in [-0.15, -0.1) is 0 Å². The summed E-state index contributed by atoms with van der Waals surface area (Å²) >= 11 is 0. The van der Waals surface area contributed by atoms with E-state index < -0.39 is 5.60 Å². The van der Waals surface area contributed by atoms with Gasteiger partial charge < -0.3 is 19.7 Å². The molecule has 1 heterocycles. The smallest absolute Gasteiger partial charge is 0.410 e. The number of hydrogen-bond acceptors (Lipinski definition) is 5. The molecule has 7 heteroatoms. The molecule has 0 aromatic heterocycles. The predicted molar refractivity (Wildman–Crippen MR) is 101 cm³/mol. The molecule has 7 nitrogen and oxygen atoms in total. The van der Waals surface area contributed by atoms with Crippen LogP contribution in [0, 0.1) is 11.8 Å². The molecule has 2 aliphatic rings. The molecule has 0 bridgehead atoms. The number of likely N-dealkylation sites (tertiary alicyclic amines) is 1. The SMILES string of the molecule is C[C@H]1CCCC[C@H]1NC(=O)COC(=O)C1CCN(C(=O)OC(C)(C)C)CC1. The number of piperidine rings is 1. The Balaban J connectivity index is 1.68. The molecule has 0 unspecified atom stereocenters. The lowest BCUT2D eigenvalue weighted by atomic mass is 9.86. The second kappa shape index (κ2) is 9.42. The summed E-state index contributed by atoms with van der Waals surface area (Å²) in [5.74, 6) is -0.389. The quantitative estimate of drug-likeness (QED) is 0.756. The summed E-state index contributed by atoms with van der Waals surface area (Å²) in [7, 11) is 0. The molecule has 0 aromatic carbocycles. The normalized spacial score (nSPS) is 24.2. The standard InChI is InChI=1S/C20H34N2O5/c1-14-7-5-6-8-16(14)21-17(23)13-26-18(24)15-9-11-22(12-10-15)19(25)27-20(2,3)4/h14-16H,5-13H2,1-4H3,(H,21,23)/t14-,16+/m0/s1. The van der Waals surface area contributed by atoms with Crippen molar-refractivity contribution in [2.45, 2.75) is 77.9 Å². The Kier molecular flexibility index (Phi) is 7.50. The van der Waals surface area contributed by atoms with Crippen LogP contribution in [0.4, 0.5) is 4.79 Å². The van der Waals surface area contributed by atoms with E-state index in [1.165, 1.54) is 6.42 Å². The summed E-state index contributed by atoms with van der Waals surface area (Å²) < 4.78 is 10.6. The van der Waals surface area contributed by atoms with Crippen molar-refractivity contribution < 1.29 is 23.9 Å². The lowest BCUT2D eigenvalue weighted by molar-refractivity contribution is -0.154. The predicted octanol–water partition coefficient (Wildman–Crippen LogP) is 2.87. The molecule has 2 fully saturated rings. The van der Waals surface area contributed by atoms with E-state index in [-0.39, 0.29) is 36.5 Å². The summed E-state index contributed by atoms with van der Waals surface area (Å²) in [6, 6.07) is 0.182. The molecule has 1 N–H and O–H groups in total. The van der Waals surface area contributed by atoms with E-state index in [1.807, 2.05) is 20.8 Å². The minimum Gasteiger partial charge on any atom is -0.455 e. The summed E-state index contributed by atoms with van der Waals surface area (Å²) in [6.45, 7) is 8.32. The van der Waals surface area contributed by atoms with E-state index in [0.717, 1.165) is 19.3 Å². The van der Waals surface area contributed by atoms with Gasteiger partial charge in [0.2, 0.25) is 0 Å². The van der Waals surface area contributed by atoms with Crippen molar-refractivity contribution in [1.29, 1.82) is 0 Å². The van der Waals surface area contributed by atoms with Gasteiger partial charge in [-0.1, -0.05) is 19.8 Å². The minimum atomic E-state index is -0.532. The maximum absolute atomic E-state index is 12.2. The Bertz CT molecular complexity index is 535. The van der Waals surface area contributed by atoms with Gasteiger partial charge in [0, 0.05) is 19.1 Å². The fourth-order valence-electron chi connectivity index (χ4n) is 3.66. The van der Waals surface area contributed by atoms with Gasteiger partial charge in [-0.25, -0.2) is 4.79 Å². The Hall–Kier alpha value is -1.79. The van der Waals surface area contributed by atoms with Crippen molar-refractivity contribution in [3.8, 4) is 0 Å². The van der Waals surface area contributed by atoms with Crippen molar-refractivity contribution in [2.24, 2.45) is 11.8 Å². The average Bonchev–Trinajstić information content (AvgIpc) is 2.60. The first-order chi connectivity index (χ1) is 12.7. The van der Waals surface area contributed by atoms with Crippen LogP contribution >= 0.6 is 0 Å². The van der Waals surface area contributed by atoms with Crippen LogP contribution in [-0.4, -0.2) is 54.2 Å². The summed E-state index contributed by atoms with van der Waals surface area (Å²) in [6.07, 6.45) is 5.16. The van der Waals surface area contributed by atoms with Crippen LogP contribution in [0.5, 0.6) is 0 Å². The van der Waals surface area contributed by atoms with E-state index in [0.29, 0.717) is 31.8 Å². The maximum Gasteiger partial charge on any atom is 0.410 e. The van der Waals surface area contributed by atoms with E-state index in [4.69, 9.17) is 9.47 Å². The fourth-order valence-corrected chi connectivity index (χ4v) is 3.66. The number of nitrogens with one attached hydrogen (secondary N) is 1. The highest BCUT2D eigenvalue weighted by Crippen LogP contribution is 2.24. The zero-order chi connectivity index (χ0) is 20.0. The van der Waals surface area contributed by atoms with Crippen LogP contribution in [0.15, 0.2) is 0 Å². The van der Waals surface area contributed by atoms with Gasteiger partial charge >= 0.3 is 12.1 Å². The third-order valence-electron chi connectivity index (χ3n) is 5.28. The number of hydrogen-bond donors (Lipinski definition) is 1. The van der Waals surface area contributed by atoms with E-state index >= 15 is 0 Å². The van der Waals surface area contributed by atoms with Gasteiger partial charge in [-0.05, 0) is 52.4 Å². The van der Waals surface area contributed by atoms with Crippen molar-refractivity contribution in [3.05, 3.63) is 0 Å². The Morgan fingerprint density at radius 2 is 1.67 bits per heavy atom. The van der Waals surface area contributed by atoms with Crippen molar-refractivity contribution in [3.63, 3.8) is 0 Å². The van der Waals surface area contributed by atoms with E-state index in [9.17, 15) is 14.4 Å². The number of rotatable bonds is 4.